The van der Waals surface area contributed by atoms with Crippen LogP contribution < -0.4 is 5.32 Å². The van der Waals surface area contributed by atoms with Gasteiger partial charge < -0.3 is 5.32 Å². The average molecular weight is 259 g/mol. The van der Waals surface area contributed by atoms with Gasteiger partial charge in [0, 0.05) is 12.5 Å². The zero-order valence-electron chi connectivity index (χ0n) is 12.1. The molecule has 1 aliphatic rings. The van der Waals surface area contributed by atoms with E-state index in [4.69, 9.17) is 0 Å². The number of amides is 1. The topological polar surface area (TPSA) is 29.1 Å². The molecule has 1 saturated carbocycles. The van der Waals surface area contributed by atoms with Crippen LogP contribution in [0.15, 0.2) is 30.3 Å². The number of nitrogens with one attached hydrogen (secondary N) is 1. The summed E-state index contributed by atoms with van der Waals surface area (Å²) in [6.45, 7) is 4.18. The molecule has 0 spiro atoms. The predicted molar refractivity (Wildman–Crippen MR) is 79.0 cm³/mol. The van der Waals surface area contributed by atoms with Crippen LogP contribution in [0, 0.1) is 5.92 Å². The van der Waals surface area contributed by atoms with E-state index in [0.717, 1.165) is 12.8 Å². The molecule has 1 N–H and O–H groups in total. The summed E-state index contributed by atoms with van der Waals surface area (Å²) in [5.41, 5.74) is 1.45. The molecular weight excluding hydrogens is 234 g/mol. The van der Waals surface area contributed by atoms with Crippen molar-refractivity contribution in [3.8, 4) is 0 Å². The lowest BCUT2D eigenvalue weighted by Crippen LogP contribution is -2.37. The van der Waals surface area contributed by atoms with Crippen LogP contribution in [0.1, 0.15) is 57.4 Å². The van der Waals surface area contributed by atoms with E-state index < -0.39 is 0 Å². The van der Waals surface area contributed by atoms with Crippen molar-refractivity contribution in [2.45, 2.75) is 57.9 Å². The second kappa shape index (κ2) is 6.74. The molecule has 0 radical (unpaired) electrons. The van der Waals surface area contributed by atoms with Gasteiger partial charge in [-0.15, -0.1) is 0 Å². The second-order valence-corrected chi connectivity index (χ2v) is 6.12. The van der Waals surface area contributed by atoms with Gasteiger partial charge in [0.15, 0.2) is 0 Å². The van der Waals surface area contributed by atoms with Crippen molar-refractivity contribution in [1.82, 2.24) is 5.32 Å². The Balaban J connectivity index is 1.78. The lowest BCUT2D eigenvalue weighted by atomic mass is 9.82. The van der Waals surface area contributed by atoms with Gasteiger partial charge >= 0.3 is 0 Å². The molecule has 19 heavy (non-hydrogen) atoms. The van der Waals surface area contributed by atoms with Crippen LogP contribution in [0.3, 0.4) is 0 Å². The third kappa shape index (κ3) is 4.38. The molecular formula is C17H25NO. The van der Waals surface area contributed by atoms with E-state index in [-0.39, 0.29) is 5.91 Å². The van der Waals surface area contributed by atoms with Crippen molar-refractivity contribution in [2.24, 2.45) is 5.92 Å². The lowest BCUT2D eigenvalue weighted by molar-refractivity contribution is -0.122. The standard InChI is InChI=1S/C17H25NO/c1-13(2)12-17(19)18-16-10-8-15(9-11-16)14-6-4-3-5-7-14/h3-7,13,15-16H,8-12H2,1-2H3,(H,18,19). The van der Waals surface area contributed by atoms with E-state index in [9.17, 15) is 4.79 Å². The summed E-state index contributed by atoms with van der Waals surface area (Å²) in [6.07, 6.45) is 5.26. The van der Waals surface area contributed by atoms with E-state index in [1.807, 2.05) is 0 Å². The Labute approximate surface area is 116 Å². The number of carbonyl (C=O) groups is 1. The van der Waals surface area contributed by atoms with Crippen LogP contribution in [-0.2, 0) is 4.79 Å². The van der Waals surface area contributed by atoms with Crippen molar-refractivity contribution in [3.63, 3.8) is 0 Å². The first-order chi connectivity index (χ1) is 9.15. The SMILES string of the molecule is CC(C)CC(=O)NC1CCC(c2ccccc2)CC1. The third-order valence-electron chi connectivity index (χ3n) is 3.96. The Bertz CT molecular complexity index is 391. The fourth-order valence-corrected chi connectivity index (χ4v) is 2.95. The Hall–Kier alpha value is -1.31. The van der Waals surface area contributed by atoms with Crippen LogP contribution in [0.2, 0.25) is 0 Å². The van der Waals surface area contributed by atoms with Crippen LogP contribution >= 0.6 is 0 Å². The van der Waals surface area contributed by atoms with Crippen LogP contribution in [-0.4, -0.2) is 11.9 Å². The zero-order chi connectivity index (χ0) is 13.7. The fraction of sp³-hybridized carbons (Fsp3) is 0.588. The van der Waals surface area contributed by atoms with Crippen molar-refractivity contribution >= 4 is 5.91 Å². The van der Waals surface area contributed by atoms with Gasteiger partial charge in [-0.25, -0.2) is 0 Å². The minimum Gasteiger partial charge on any atom is -0.353 e. The number of hydrogen-bond donors (Lipinski definition) is 1. The molecule has 1 aromatic carbocycles. The summed E-state index contributed by atoms with van der Waals surface area (Å²) in [7, 11) is 0. The molecule has 2 heteroatoms. The van der Waals surface area contributed by atoms with Crippen LogP contribution in [0.5, 0.6) is 0 Å². The molecule has 0 aliphatic heterocycles. The number of carbonyl (C=O) groups excluding carboxylic acids is 1. The highest BCUT2D eigenvalue weighted by molar-refractivity contribution is 5.76. The largest absolute Gasteiger partial charge is 0.353 e. The van der Waals surface area contributed by atoms with E-state index in [2.05, 4.69) is 49.5 Å². The maximum absolute atomic E-state index is 11.8. The van der Waals surface area contributed by atoms with Crippen molar-refractivity contribution in [2.75, 3.05) is 0 Å². The highest BCUT2D eigenvalue weighted by atomic mass is 16.1. The van der Waals surface area contributed by atoms with Gasteiger partial charge in [-0.1, -0.05) is 44.2 Å². The molecule has 1 amide bonds. The van der Waals surface area contributed by atoms with E-state index in [1.165, 1.54) is 18.4 Å². The van der Waals surface area contributed by atoms with E-state index >= 15 is 0 Å². The van der Waals surface area contributed by atoms with Gasteiger partial charge in [-0.2, -0.15) is 0 Å². The molecule has 0 unspecified atom stereocenters. The molecule has 0 bridgehead atoms. The summed E-state index contributed by atoms with van der Waals surface area (Å²) < 4.78 is 0. The molecule has 1 aliphatic carbocycles. The highest BCUT2D eigenvalue weighted by Crippen LogP contribution is 2.32. The summed E-state index contributed by atoms with van der Waals surface area (Å²) >= 11 is 0. The second-order valence-electron chi connectivity index (χ2n) is 6.12. The maximum atomic E-state index is 11.8. The Morgan fingerprint density at radius 2 is 1.79 bits per heavy atom. The summed E-state index contributed by atoms with van der Waals surface area (Å²) in [5.74, 6) is 1.35. The molecule has 1 fully saturated rings. The molecule has 0 heterocycles. The first-order valence-corrected chi connectivity index (χ1v) is 7.49. The van der Waals surface area contributed by atoms with E-state index in [0.29, 0.717) is 24.3 Å². The van der Waals surface area contributed by atoms with Crippen molar-refractivity contribution in [1.29, 1.82) is 0 Å². The number of hydrogen-bond acceptors (Lipinski definition) is 1. The fourth-order valence-electron chi connectivity index (χ4n) is 2.95. The van der Waals surface area contributed by atoms with Crippen molar-refractivity contribution < 1.29 is 4.79 Å². The van der Waals surface area contributed by atoms with Gasteiger partial charge in [0.25, 0.3) is 0 Å². The molecule has 2 rings (SSSR count). The lowest BCUT2D eigenvalue weighted by Gasteiger charge is -2.29. The smallest absolute Gasteiger partial charge is 0.220 e. The van der Waals surface area contributed by atoms with Gasteiger partial charge in [0.2, 0.25) is 5.91 Å². The summed E-state index contributed by atoms with van der Waals surface area (Å²) in [6, 6.07) is 11.1. The molecule has 2 nitrogen and oxygen atoms in total. The van der Waals surface area contributed by atoms with E-state index in [1.54, 1.807) is 0 Å². The third-order valence-corrected chi connectivity index (χ3v) is 3.96. The number of benzene rings is 1. The highest BCUT2D eigenvalue weighted by Gasteiger charge is 2.23. The van der Waals surface area contributed by atoms with Gasteiger partial charge in [0.1, 0.15) is 0 Å². The van der Waals surface area contributed by atoms with Crippen LogP contribution in [0.4, 0.5) is 0 Å². The summed E-state index contributed by atoms with van der Waals surface area (Å²) in [5, 5.41) is 3.18. The van der Waals surface area contributed by atoms with Crippen molar-refractivity contribution in [3.05, 3.63) is 35.9 Å². The normalized spacial score (nSPS) is 23.3. The summed E-state index contributed by atoms with van der Waals surface area (Å²) in [4.78, 5) is 11.8. The van der Waals surface area contributed by atoms with Crippen LogP contribution in [0.25, 0.3) is 0 Å². The number of rotatable bonds is 4. The monoisotopic (exact) mass is 259 g/mol. The minimum absolute atomic E-state index is 0.221. The average Bonchev–Trinajstić information content (AvgIpc) is 2.39. The Kier molecular flexibility index (Phi) is 5.00. The molecule has 0 saturated heterocycles. The van der Waals surface area contributed by atoms with Gasteiger partial charge in [0.05, 0.1) is 0 Å². The first-order valence-electron chi connectivity index (χ1n) is 7.49. The zero-order valence-corrected chi connectivity index (χ0v) is 12.1. The Morgan fingerprint density at radius 3 is 2.37 bits per heavy atom. The Morgan fingerprint density at radius 1 is 1.16 bits per heavy atom. The molecule has 1 aromatic rings. The minimum atomic E-state index is 0.221. The maximum Gasteiger partial charge on any atom is 0.220 e. The quantitative estimate of drug-likeness (QED) is 0.873. The first kappa shape index (κ1) is 14.1. The van der Waals surface area contributed by atoms with Gasteiger partial charge in [-0.05, 0) is 43.1 Å². The molecule has 0 atom stereocenters. The predicted octanol–water partition coefficient (Wildman–Crippen LogP) is 3.88. The van der Waals surface area contributed by atoms with Gasteiger partial charge in [-0.3, -0.25) is 4.79 Å². The molecule has 0 aromatic heterocycles. The molecule has 104 valence electrons.